The van der Waals surface area contributed by atoms with Gasteiger partial charge in [0.1, 0.15) is 0 Å². The maximum absolute atomic E-state index is 13.0. The van der Waals surface area contributed by atoms with Crippen molar-refractivity contribution in [2.75, 3.05) is 6.54 Å². The predicted molar refractivity (Wildman–Crippen MR) is 171 cm³/mol. The monoisotopic (exact) mass is 641 g/mol. The van der Waals surface area contributed by atoms with Crippen molar-refractivity contribution in [3.63, 3.8) is 0 Å². The summed E-state index contributed by atoms with van der Waals surface area (Å²) >= 11 is -3.64. The molecule has 0 saturated carbocycles. The van der Waals surface area contributed by atoms with Gasteiger partial charge in [0, 0.05) is 0 Å². The summed E-state index contributed by atoms with van der Waals surface area (Å²) in [7, 11) is -1.87. The topological polar surface area (TPSA) is 20.3 Å². The molecule has 0 unspecified atom stereocenters. The summed E-state index contributed by atoms with van der Waals surface area (Å²) in [4.78, 5) is 15.2. The number of fused-ring (bicyclic) bond motifs is 1. The van der Waals surface area contributed by atoms with Gasteiger partial charge >= 0.3 is 242 Å². The Labute approximate surface area is 240 Å². The summed E-state index contributed by atoms with van der Waals surface area (Å²) in [6.45, 7) is 17.7. The third-order valence-electron chi connectivity index (χ3n) is 9.94. The van der Waals surface area contributed by atoms with Crippen LogP contribution in [0.15, 0.2) is 112 Å². The Kier molecular flexibility index (Phi) is 7.86. The molecule has 4 heteroatoms. The van der Waals surface area contributed by atoms with Crippen LogP contribution in [-0.4, -0.2) is 49.8 Å². The minimum atomic E-state index is -3.64. The maximum atomic E-state index is 13.0. The van der Waals surface area contributed by atoms with Crippen LogP contribution >= 0.6 is 0 Å². The van der Waals surface area contributed by atoms with Crippen molar-refractivity contribution in [1.29, 1.82) is 0 Å². The van der Waals surface area contributed by atoms with E-state index in [4.69, 9.17) is 6.58 Å². The normalized spacial score (nSPS) is 21.2. The average molecular weight is 641 g/mol. The zero-order chi connectivity index (χ0) is 27.8. The molecule has 2 saturated heterocycles. The number of carbonyl (C=O) groups excluding carboxylic acids is 1. The molecule has 1 amide bonds. The third-order valence-corrected chi connectivity index (χ3v) is 28.6. The molecule has 2 aliphatic rings. The minimum absolute atomic E-state index is 0.194. The van der Waals surface area contributed by atoms with Crippen LogP contribution in [0.4, 0.5) is 0 Å². The molecule has 2 heterocycles. The van der Waals surface area contributed by atoms with E-state index in [0.29, 0.717) is 18.4 Å². The van der Waals surface area contributed by atoms with Crippen LogP contribution in [0, 0.1) is 5.92 Å². The molecule has 0 aliphatic carbocycles. The SMILES string of the molecule is C=C([C@H]1CN2C(=O)CC[C@@H]2CC1=[CH][Sn]([c]1ccccc1)([c]1ccccc1)[c]1ccccc1)[Si](C)(C)C(C)(C)C. The molecule has 2 nitrogen and oxygen atoms in total. The van der Waals surface area contributed by atoms with Crippen LogP contribution in [0.2, 0.25) is 18.1 Å². The van der Waals surface area contributed by atoms with Gasteiger partial charge in [-0.25, -0.2) is 0 Å². The first-order chi connectivity index (χ1) is 18.6. The quantitative estimate of drug-likeness (QED) is 0.293. The van der Waals surface area contributed by atoms with Crippen LogP contribution < -0.4 is 10.7 Å². The molecule has 0 spiro atoms. The summed E-state index contributed by atoms with van der Waals surface area (Å²) in [5.74, 6) is 0.549. The van der Waals surface area contributed by atoms with Crippen LogP contribution in [0.3, 0.4) is 0 Å². The van der Waals surface area contributed by atoms with Gasteiger partial charge in [-0.3, -0.25) is 0 Å². The number of carbonyl (C=O) groups is 1. The number of piperidine rings is 1. The van der Waals surface area contributed by atoms with Crippen molar-refractivity contribution < 1.29 is 4.79 Å². The van der Waals surface area contributed by atoms with Crippen molar-refractivity contribution in [3.8, 4) is 0 Å². The summed E-state index contributed by atoms with van der Waals surface area (Å²) in [6, 6.07) is 34.1. The van der Waals surface area contributed by atoms with Gasteiger partial charge in [0.05, 0.1) is 0 Å². The Morgan fingerprint density at radius 3 is 1.77 bits per heavy atom. The second-order valence-electron chi connectivity index (χ2n) is 13.0. The summed E-state index contributed by atoms with van der Waals surface area (Å²) < 4.78 is 7.20. The molecule has 0 bridgehead atoms. The van der Waals surface area contributed by atoms with Crippen molar-refractivity contribution in [2.24, 2.45) is 5.92 Å². The van der Waals surface area contributed by atoms with E-state index in [1.165, 1.54) is 21.5 Å². The molecule has 0 radical (unpaired) electrons. The summed E-state index contributed by atoms with van der Waals surface area (Å²) in [6.07, 6.45) is 2.62. The van der Waals surface area contributed by atoms with Gasteiger partial charge < -0.3 is 0 Å². The van der Waals surface area contributed by atoms with Crippen molar-refractivity contribution >= 4 is 43.1 Å². The van der Waals surface area contributed by atoms with Crippen LogP contribution in [0.25, 0.3) is 0 Å². The van der Waals surface area contributed by atoms with Crippen molar-refractivity contribution in [1.82, 2.24) is 4.90 Å². The van der Waals surface area contributed by atoms with E-state index < -0.39 is 26.5 Å². The van der Waals surface area contributed by atoms with Gasteiger partial charge in [-0.1, -0.05) is 0 Å². The third kappa shape index (κ3) is 5.13. The number of amides is 1. The fraction of sp³-hybridized carbons (Fsp3) is 0.343. The molecule has 5 rings (SSSR count). The van der Waals surface area contributed by atoms with Gasteiger partial charge in [-0.15, -0.1) is 0 Å². The summed E-state index contributed by atoms with van der Waals surface area (Å²) in [5.41, 5.74) is 1.54. The number of rotatable bonds is 6. The molecule has 3 aromatic carbocycles. The molecular formula is C35H43NOSiSn. The first kappa shape index (κ1) is 28.2. The van der Waals surface area contributed by atoms with Gasteiger partial charge in [-0.2, -0.15) is 0 Å². The Morgan fingerprint density at radius 2 is 1.33 bits per heavy atom. The summed E-state index contributed by atoms with van der Waals surface area (Å²) in [5, 5.41) is 1.59. The molecule has 2 atom stereocenters. The zero-order valence-electron chi connectivity index (χ0n) is 24.3. The number of benzene rings is 3. The average Bonchev–Trinajstić information content (AvgIpc) is 3.30. The van der Waals surface area contributed by atoms with Crippen molar-refractivity contribution in [3.05, 3.63) is 112 Å². The second kappa shape index (κ2) is 10.9. The molecule has 2 fully saturated rings. The van der Waals surface area contributed by atoms with E-state index in [2.05, 4.69) is 134 Å². The van der Waals surface area contributed by atoms with E-state index in [0.717, 1.165) is 19.4 Å². The molecule has 39 heavy (non-hydrogen) atoms. The van der Waals surface area contributed by atoms with Crippen LogP contribution in [-0.2, 0) is 4.79 Å². The van der Waals surface area contributed by atoms with Crippen LogP contribution in [0.1, 0.15) is 40.0 Å². The second-order valence-corrected chi connectivity index (χ2v) is 28.8. The fourth-order valence-electron chi connectivity index (χ4n) is 6.53. The zero-order valence-corrected chi connectivity index (χ0v) is 28.1. The Morgan fingerprint density at radius 1 is 0.872 bits per heavy atom. The van der Waals surface area contributed by atoms with E-state index in [1.807, 2.05) is 0 Å². The first-order valence-electron chi connectivity index (χ1n) is 14.4. The standard InChI is InChI=1S/C17H28NOSi.3C6H5.Sn/c1-12-10-14-8-9-16(19)18(14)11-15(12)13(2)20(6,7)17(3,4)5;3*1-2-4-6-5-3-1;/h1,14-15H,2,8-11H2,3-7H3;3*1-5H;/t14-,15+;;;;/m1..../s1. The Hall–Kier alpha value is -2.37. The number of nitrogens with zero attached hydrogens (tertiary/aromatic N) is 1. The van der Waals surface area contributed by atoms with E-state index in [9.17, 15) is 4.79 Å². The van der Waals surface area contributed by atoms with Gasteiger partial charge in [0.25, 0.3) is 0 Å². The first-order valence-corrected chi connectivity index (χ1v) is 23.4. The molecule has 2 aliphatic heterocycles. The predicted octanol–water partition coefficient (Wildman–Crippen LogP) is 6.24. The van der Waals surface area contributed by atoms with Gasteiger partial charge in [0.2, 0.25) is 0 Å². The Balaban J connectivity index is 1.77. The molecule has 3 aromatic rings. The molecular weight excluding hydrogens is 597 g/mol. The van der Waals surface area contributed by atoms with E-state index >= 15 is 0 Å². The molecule has 0 aromatic heterocycles. The molecule has 202 valence electrons. The van der Waals surface area contributed by atoms with E-state index in [-0.39, 0.29) is 11.0 Å². The van der Waals surface area contributed by atoms with Gasteiger partial charge in [-0.05, 0) is 0 Å². The van der Waals surface area contributed by atoms with E-state index in [1.54, 1.807) is 0 Å². The van der Waals surface area contributed by atoms with Gasteiger partial charge in [0.15, 0.2) is 0 Å². The van der Waals surface area contributed by atoms with Crippen LogP contribution in [0.5, 0.6) is 0 Å². The molecule has 0 N–H and O–H groups in total. The Bertz CT molecular complexity index is 1260. The van der Waals surface area contributed by atoms with Crippen molar-refractivity contribution in [2.45, 2.75) is 64.2 Å². The fourth-order valence-corrected chi connectivity index (χ4v) is 21.6. The number of hydrogen-bond donors (Lipinski definition) is 0. The number of hydrogen-bond acceptors (Lipinski definition) is 1.